The van der Waals surface area contributed by atoms with Crippen LogP contribution in [-0.4, -0.2) is 15.7 Å². The Morgan fingerprint density at radius 1 is 1.20 bits per heavy atom. The van der Waals surface area contributed by atoms with E-state index in [1.54, 1.807) is 0 Å². The van der Waals surface area contributed by atoms with Gasteiger partial charge < -0.3 is 10.6 Å². The molecule has 0 aliphatic heterocycles. The van der Waals surface area contributed by atoms with E-state index in [0.717, 1.165) is 18.7 Å². The number of carbonyl (C=O) groups is 1. The summed E-state index contributed by atoms with van der Waals surface area (Å²) in [6.07, 6.45) is 3.38. The van der Waals surface area contributed by atoms with Crippen molar-refractivity contribution in [3.05, 3.63) is 47.3 Å². The Hall–Kier alpha value is -2.14. The van der Waals surface area contributed by atoms with Crippen molar-refractivity contribution >= 4 is 11.6 Å². The third-order valence-electron chi connectivity index (χ3n) is 4.37. The number of benzene rings is 1. The van der Waals surface area contributed by atoms with Crippen LogP contribution in [0.3, 0.4) is 0 Å². The van der Waals surface area contributed by atoms with Crippen LogP contribution in [0.2, 0.25) is 0 Å². The molecule has 5 heteroatoms. The zero-order valence-corrected chi connectivity index (χ0v) is 16.0. The summed E-state index contributed by atoms with van der Waals surface area (Å²) in [5.41, 5.74) is 4.49. The Morgan fingerprint density at radius 2 is 1.88 bits per heavy atom. The Kier molecular flexibility index (Phi) is 6.76. The van der Waals surface area contributed by atoms with Crippen molar-refractivity contribution in [1.82, 2.24) is 15.1 Å². The topological polar surface area (TPSA) is 59.0 Å². The van der Waals surface area contributed by atoms with Crippen LogP contribution in [0.5, 0.6) is 0 Å². The smallest absolute Gasteiger partial charge is 0.224 e. The number of aromatic nitrogens is 2. The maximum atomic E-state index is 11.6. The highest BCUT2D eigenvalue weighted by atomic mass is 16.1. The van der Waals surface area contributed by atoms with Crippen LogP contribution >= 0.6 is 0 Å². The van der Waals surface area contributed by atoms with E-state index in [1.807, 2.05) is 37.4 Å². The van der Waals surface area contributed by atoms with Crippen molar-refractivity contribution in [1.29, 1.82) is 0 Å². The molecule has 1 heterocycles. The lowest BCUT2D eigenvalue weighted by molar-refractivity contribution is -0.116. The zero-order valence-electron chi connectivity index (χ0n) is 16.0. The SMILES string of the molecule is CCCC(=O)Nc1ccc(CNC(C)c2cnn(C(C)C)c2C)cc1. The molecule has 0 bridgehead atoms. The predicted molar refractivity (Wildman–Crippen MR) is 103 cm³/mol. The maximum absolute atomic E-state index is 11.6. The zero-order chi connectivity index (χ0) is 18.4. The van der Waals surface area contributed by atoms with Gasteiger partial charge in [-0.15, -0.1) is 0 Å². The summed E-state index contributed by atoms with van der Waals surface area (Å²) in [6.45, 7) is 11.3. The molecule has 2 rings (SSSR count). The number of hydrogen-bond donors (Lipinski definition) is 2. The minimum atomic E-state index is 0.0691. The largest absolute Gasteiger partial charge is 0.326 e. The molecule has 0 saturated carbocycles. The molecule has 2 aromatic rings. The number of hydrogen-bond acceptors (Lipinski definition) is 3. The molecule has 0 radical (unpaired) electrons. The first kappa shape index (κ1) is 19.2. The Balaban J connectivity index is 1.91. The van der Waals surface area contributed by atoms with E-state index >= 15 is 0 Å². The van der Waals surface area contributed by atoms with Crippen molar-refractivity contribution in [2.24, 2.45) is 0 Å². The van der Waals surface area contributed by atoms with Gasteiger partial charge in [-0.25, -0.2) is 0 Å². The van der Waals surface area contributed by atoms with Gasteiger partial charge in [0.2, 0.25) is 5.91 Å². The van der Waals surface area contributed by atoms with Crippen molar-refractivity contribution in [3.63, 3.8) is 0 Å². The van der Waals surface area contributed by atoms with Gasteiger partial charge in [-0.1, -0.05) is 19.1 Å². The van der Waals surface area contributed by atoms with E-state index in [4.69, 9.17) is 0 Å². The van der Waals surface area contributed by atoms with Crippen LogP contribution in [0.1, 0.15) is 69.4 Å². The monoisotopic (exact) mass is 342 g/mol. The lowest BCUT2D eigenvalue weighted by Gasteiger charge is -2.15. The van der Waals surface area contributed by atoms with E-state index < -0.39 is 0 Å². The standard InChI is InChI=1S/C20H30N4O/c1-6-7-20(25)23-18-10-8-17(9-11-18)12-21-15(4)19-13-22-24(14(2)3)16(19)5/h8-11,13-15,21H,6-7,12H2,1-5H3,(H,23,25). The summed E-state index contributed by atoms with van der Waals surface area (Å²) in [6, 6.07) is 8.61. The molecule has 25 heavy (non-hydrogen) atoms. The average molecular weight is 342 g/mol. The highest BCUT2D eigenvalue weighted by Crippen LogP contribution is 2.20. The Labute approximate surface area is 150 Å². The van der Waals surface area contributed by atoms with Crippen LogP contribution in [-0.2, 0) is 11.3 Å². The first-order chi connectivity index (χ1) is 11.9. The fraction of sp³-hybridized carbons (Fsp3) is 0.500. The second-order valence-corrected chi connectivity index (χ2v) is 6.82. The maximum Gasteiger partial charge on any atom is 0.224 e. The van der Waals surface area contributed by atoms with Gasteiger partial charge in [0, 0.05) is 42.0 Å². The summed E-state index contributed by atoms with van der Waals surface area (Å²) in [4.78, 5) is 11.6. The van der Waals surface area contributed by atoms with Crippen LogP contribution in [0.4, 0.5) is 5.69 Å². The number of rotatable bonds is 8. The van der Waals surface area contributed by atoms with Crippen LogP contribution < -0.4 is 10.6 Å². The molecule has 1 aromatic carbocycles. The van der Waals surface area contributed by atoms with Gasteiger partial charge in [-0.3, -0.25) is 9.48 Å². The Bertz CT molecular complexity index is 688. The molecule has 0 spiro atoms. The van der Waals surface area contributed by atoms with Gasteiger partial charge >= 0.3 is 0 Å². The predicted octanol–water partition coefficient (Wildman–Crippen LogP) is 4.36. The molecular weight excluding hydrogens is 312 g/mol. The molecule has 1 atom stereocenters. The summed E-state index contributed by atoms with van der Waals surface area (Å²) in [5.74, 6) is 0.0691. The number of amides is 1. The molecule has 0 fully saturated rings. The number of carbonyl (C=O) groups excluding carboxylic acids is 1. The highest BCUT2D eigenvalue weighted by molar-refractivity contribution is 5.90. The normalized spacial score (nSPS) is 12.4. The van der Waals surface area contributed by atoms with Gasteiger partial charge in [0.25, 0.3) is 0 Å². The van der Waals surface area contributed by atoms with Gasteiger partial charge in [-0.2, -0.15) is 5.10 Å². The fourth-order valence-electron chi connectivity index (χ4n) is 2.92. The van der Waals surface area contributed by atoms with E-state index in [-0.39, 0.29) is 11.9 Å². The van der Waals surface area contributed by atoms with E-state index in [0.29, 0.717) is 12.5 Å². The minimum absolute atomic E-state index is 0.0691. The lowest BCUT2D eigenvalue weighted by atomic mass is 10.1. The minimum Gasteiger partial charge on any atom is -0.326 e. The van der Waals surface area contributed by atoms with Gasteiger partial charge in [0.1, 0.15) is 0 Å². The van der Waals surface area contributed by atoms with Crippen molar-refractivity contribution in [2.75, 3.05) is 5.32 Å². The summed E-state index contributed by atoms with van der Waals surface area (Å²) < 4.78 is 2.06. The summed E-state index contributed by atoms with van der Waals surface area (Å²) in [5, 5.41) is 10.9. The molecule has 1 aromatic heterocycles. The molecule has 0 saturated heterocycles. The van der Waals surface area contributed by atoms with Crippen molar-refractivity contribution < 1.29 is 4.79 Å². The molecule has 5 nitrogen and oxygen atoms in total. The quantitative estimate of drug-likeness (QED) is 0.749. The first-order valence-corrected chi connectivity index (χ1v) is 9.08. The number of nitrogens with zero attached hydrogens (tertiary/aromatic N) is 2. The van der Waals surface area contributed by atoms with Gasteiger partial charge in [0.15, 0.2) is 0 Å². The average Bonchev–Trinajstić information content (AvgIpc) is 2.96. The van der Waals surface area contributed by atoms with E-state index in [1.165, 1.54) is 16.8 Å². The molecule has 136 valence electrons. The van der Waals surface area contributed by atoms with Gasteiger partial charge in [-0.05, 0) is 51.8 Å². The fourth-order valence-corrected chi connectivity index (χ4v) is 2.92. The second-order valence-electron chi connectivity index (χ2n) is 6.82. The van der Waals surface area contributed by atoms with Crippen molar-refractivity contribution in [3.8, 4) is 0 Å². The second kappa shape index (κ2) is 8.81. The van der Waals surface area contributed by atoms with Crippen LogP contribution in [0, 0.1) is 6.92 Å². The molecule has 2 N–H and O–H groups in total. The lowest BCUT2D eigenvalue weighted by Crippen LogP contribution is -2.19. The van der Waals surface area contributed by atoms with E-state index in [2.05, 4.69) is 48.1 Å². The molecule has 1 unspecified atom stereocenters. The third kappa shape index (κ3) is 5.16. The van der Waals surface area contributed by atoms with Crippen molar-refractivity contribution in [2.45, 2.75) is 66.1 Å². The first-order valence-electron chi connectivity index (χ1n) is 9.08. The molecular formula is C20H30N4O. The molecule has 1 amide bonds. The summed E-state index contributed by atoms with van der Waals surface area (Å²) in [7, 11) is 0. The van der Waals surface area contributed by atoms with Gasteiger partial charge in [0.05, 0.1) is 6.20 Å². The number of anilines is 1. The van der Waals surface area contributed by atoms with E-state index in [9.17, 15) is 4.79 Å². The molecule has 0 aliphatic carbocycles. The van der Waals surface area contributed by atoms with Crippen LogP contribution in [0.15, 0.2) is 30.5 Å². The number of nitrogens with one attached hydrogen (secondary N) is 2. The van der Waals surface area contributed by atoms with Crippen LogP contribution in [0.25, 0.3) is 0 Å². The molecule has 0 aliphatic rings. The third-order valence-corrected chi connectivity index (χ3v) is 4.37. The summed E-state index contributed by atoms with van der Waals surface area (Å²) >= 11 is 0. The highest BCUT2D eigenvalue weighted by Gasteiger charge is 2.14. The Morgan fingerprint density at radius 3 is 2.44 bits per heavy atom.